The van der Waals surface area contributed by atoms with Crippen molar-refractivity contribution >= 4 is 5.97 Å². The van der Waals surface area contributed by atoms with Crippen LogP contribution in [0.5, 0.6) is 17.2 Å². The van der Waals surface area contributed by atoms with Gasteiger partial charge in [0.05, 0.1) is 18.0 Å². The molecule has 0 N–H and O–H groups in total. The Morgan fingerprint density at radius 1 is 0.972 bits per heavy atom. The Labute approximate surface area is 207 Å². The topological polar surface area (TPSA) is 71.8 Å². The van der Waals surface area contributed by atoms with Crippen molar-refractivity contribution in [1.29, 1.82) is 0 Å². The molecule has 0 amide bonds. The van der Waals surface area contributed by atoms with Crippen molar-refractivity contribution in [1.82, 2.24) is 9.78 Å². The normalized spacial score (nSPS) is 11.8. The fraction of sp³-hybridized carbons (Fsp3) is 0.385. The molecule has 3 rings (SSSR count). The summed E-state index contributed by atoms with van der Waals surface area (Å²) in [4.78, 5) is 12.2. The molecule has 194 valence electrons. The first-order chi connectivity index (χ1) is 16.8. The molecule has 0 unspecified atom stereocenters. The van der Waals surface area contributed by atoms with Gasteiger partial charge in [0, 0.05) is 12.6 Å². The summed E-state index contributed by atoms with van der Waals surface area (Å²) in [7, 11) is 1.76. The monoisotopic (exact) mass is 506 g/mol. The molecule has 0 saturated carbocycles. The minimum atomic E-state index is -4.74. The number of esters is 1. The highest BCUT2D eigenvalue weighted by molar-refractivity contribution is 5.79. The third-order valence-electron chi connectivity index (χ3n) is 5.56. The molecule has 3 aromatic rings. The number of alkyl halides is 3. The molecule has 0 saturated heterocycles. The lowest BCUT2D eigenvalue weighted by Crippen LogP contribution is -2.40. The van der Waals surface area contributed by atoms with E-state index in [1.54, 1.807) is 50.7 Å². The molecule has 0 radical (unpaired) electrons. The molecule has 2 aromatic carbocycles. The number of aromatic nitrogens is 2. The molecular formula is C26H29F3N2O5. The quantitative estimate of drug-likeness (QED) is 0.337. The largest absolute Gasteiger partial charge is 0.573 e. The summed E-state index contributed by atoms with van der Waals surface area (Å²) in [5.41, 5.74) is 2.54. The number of halogens is 3. The van der Waals surface area contributed by atoms with E-state index in [0.717, 1.165) is 16.8 Å². The van der Waals surface area contributed by atoms with Gasteiger partial charge in [-0.15, -0.1) is 13.2 Å². The number of carbonyl (C=O) groups is 1. The molecule has 1 aromatic heterocycles. The van der Waals surface area contributed by atoms with Crippen molar-refractivity contribution in [3.63, 3.8) is 0 Å². The van der Waals surface area contributed by atoms with E-state index in [9.17, 15) is 18.0 Å². The lowest BCUT2D eigenvalue weighted by molar-refractivity contribution is -0.274. The van der Waals surface area contributed by atoms with E-state index in [0.29, 0.717) is 22.8 Å². The maximum absolute atomic E-state index is 12.4. The van der Waals surface area contributed by atoms with Gasteiger partial charge in [0.15, 0.2) is 5.60 Å². The smallest absolute Gasteiger partial charge is 0.487 e. The Kier molecular flexibility index (Phi) is 7.86. The van der Waals surface area contributed by atoms with Crippen LogP contribution in [0, 0.1) is 13.8 Å². The number of hydrogen-bond donors (Lipinski definition) is 0. The molecule has 0 spiro atoms. The molecule has 0 fully saturated rings. The summed E-state index contributed by atoms with van der Waals surface area (Å²) >= 11 is 0. The van der Waals surface area contributed by atoms with Crippen molar-refractivity contribution < 1.29 is 36.9 Å². The van der Waals surface area contributed by atoms with Gasteiger partial charge in [-0.1, -0.05) is 0 Å². The molecule has 7 nitrogen and oxygen atoms in total. The predicted molar refractivity (Wildman–Crippen MR) is 127 cm³/mol. The van der Waals surface area contributed by atoms with E-state index in [1.165, 1.54) is 24.3 Å². The van der Waals surface area contributed by atoms with Gasteiger partial charge in [-0.05, 0) is 88.2 Å². The third-order valence-corrected chi connectivity index (χ3v) is 5.56. The van der Waals surface area contributed by atoms with Crippen LogP contribution < -0.4 is 14.2 Å². The van der Waals surface area contributed by atoms with E-state index >= 15 is 0 Å². The highest BCUT2D eigenvalue weighted by atomic mass is 19.4. The first kappa shape index (κ1) is 26.9. The first-order valence-electron chi connectivity index (χ1n) is 11.3. The highest BCUT2D eigenvalue weighted by Gasteiger charge is 2.32. The van der Waals surface area contributed by atoms with Crippen molar-refractivity contribution in [2.45, 2.75) is 53.2 Å². The van der Waals surface area contributed by atoms with Crippen LogP contribution in [0.25, 0.3) is 11.3 Å². The summed E-state index contributed by atoms with van der Waals surface area (Å²) < 4.78 is 59.7. The van der Waals surface area contributed by atoms with Crippen LogP contribution in [0.2, 0.25) is 0 Å². The van der Waals surface area contributed by atoms with Gasteiger partial charge in [-0.2, -0.15) is 5.10 Å². The lowest BCUT2D eigenvalue weighted by atomic mass is 10.1. The highest BCUT2D eigenvalue weighted by Crippen LogP contribution is 2.32. The maximum atomic E-state index is 12.4. The summed E-state index contributed by atoms with van der Waals surface area (Å²) in [5.74, 6) is 0.454. The molecule has 0 aliphatic heterocycles. The number of carbonyl (C=O) groups excluding carboxylic acids is 1. The van der Waals surface area contributed by atoms with Gasteiger partial charge < -0.3 is 18.9 Å². The summed E-state index contributed by atoms with van der Waals surface area (Å²) in [5, 5.41) is 4.43. The van der Waals surface area contributed by atoms with Gasteiger partial charge >= 0.3 is 12.3 Å². The van der Waals surface area contributed by atoms with Gasteiger partial charge in [0.2, 0.25) is 0 Å². The fourth-order valence-electron chi connectivity index (χ4n) is 3.42. The van der Waals surface area contributed by atoms with Crippen molar-refractivity contribution in [3.05, 3.63) is 59.3 Å². The standard InChI is InChI=1S/C26H29F3N2O5/c1-7-33-24(32)25(4,5)36-23-13-12-22(16(2)17(23)3)34-15-19-14-21(30-31(19)6)18-8-10-20(11-9-18)35-26(27,28)29/h8-14H,7,15H2,1-6H3. The summed E-state index contributed by atoms with van der Waals surface area (Å²) in [6.45, 7) is 9.31. The fourth-order valence-corrected chi connectivity index (χ4v) is 3.42. The minimum Gasteiger partial charge on any atom is -0.487 e. The molecule has 0 aliphatic rings. The van der Waals surface area contributed by atoms with Crippen molar-refractivity contribution in [2.75, 3.05) is 6.61 Å². The van der Waals surface area contributed by atoms with Crippen LogP contribution in [-0.4, -0.2) is 34.3 Å². The lowest BCUT2D eigenvalue weighted by Gasteiger charge is -2.26. The van der Waals surface area contributed by atoms with Crippen molar-refractivity contribution in [2.24, 2.45) is 7.05 Å². The van der Waals surface area contributed by atoms with E-state index in [2.05, 4.69) is 9.84 Å². The van der Waals surface area contributed by atoms with Crippen molar-refractivity contribution in [3.8, 4) is 28.5 Å². The van der Waals surface area contributed by atoms with Gasteiger partial charge in [-0.25, -0.2) is 4.79 Å². The molecule has 10 heteroatoms. The molecule has 36 heavy (non-hydrogen) atoms. The maximum Gasteiger partial charge on any atom is 0.573 e. The van der Waals surface area contributed by atoms with Crippen LogP contribution in [0.15, 0.2) is 42.5 Å². The second-order valence-electron chi connectivity index (χ2n) is 8.65. The van der Waals surface area contributed by atoms with Crippen LogP contribution >= 0.6 is 0 Å². The molecule has 0 bridgehead atoms. The van der Waals surface area contributed by atoms with E-state index in [4.69, 9.17) is 14.2 Å². The van der Waals surface area contributed by atoms with E-state index in [-0.39, 0.29) is 19.0 Å². The molecule has 1 heterocycles. The molecule has 0 atom stereocenters. The number of rotatable bonds is 9. The Balaban J connectivity index is 1.70. The van der Waals surface area contributed by atoms with Gasteiger partial charge in [0.25, 0.3) is 0 Å². The van der Waals surface area contributed by atoms with E-state index in [1.807, 2.05) is 13.8 Å². The predicted octanol–water partition coefficient (Wildman–Crippen LogP) is 5.90. The second-order valence-corrected chi connectivity index (χ2v) is 8.65. The number of benzene rings is 2. The zero-order chi connectivity index (χ0) is 26.7. The third kappa shape index (κ3) is 6.50. The molecule has 0 aliphatic carbocycles. The Bertz CT molecular complexity index is 1220. The summed E-state index contributed by atoms with van der Waals surface area (Å²) in [6.07, 6.45) is -4.74. The van der Waals surface area contributed by atoms with Gasteiger partial charge in [-0.3, -0.25) is 4.68 Å². The Morgan fingerprint density at radius 3 is 2.19 bits per heavy atom. The van der Waals surface area contributed by atoms with E-state index < -0.39 is 17.9 Å². The number of hydrogen-bond acceptors (Lipinski definition) is 6. The number of aryl methyl sites for hydroxylation is 1. The van der Waals surface area contributed by atoms with Crippen LogP contribution in [0.4, 0.5) is 13.2 Å². The zero-order valence-electron chi connectivity index (χ0n) is 21.0. The van der Waals surface area contributed by atoms with Gasteiger partial charge in [0.1, 0.15) is 23.9 Å². The number of nitrogens with zero attached hydrogens (tertiary/aromatic N) is 2. The van der Waals surface area contributed by atoms with Crippen LogP contribution in [-0.2, 0) is 23.2 Å². The first-order valence-corrected chi connectivity index (χ1v) is 11.3. The van der Waals surface area contributed by atoms with Crippen LogP contribution in [0.3, 0.4) is 0 Å². The minimum absolute atomic E-state index is 0.216. The average molecular weight is 507 g/mol. The summed E-state index contributed by atoms with van der Waals surface area (Å²) in [6, 6.07) is 10.8. The zero-order valence-corrected chi connectivity index (χ0v) is 21.0. The van der Waals surface area contributed by atoms with Crippen LogP contribution in [0.1, 0.15) is 37.6 Å². The average Bonchev–Trinajstić information content (AvgIpc) is 3.16. The SMILES string of the molecule is CCOC(=O)C(C)(C)Oc1ccc(OCc2cc(-c3ccc(OC(F)(F)F)cc3)nn2C)c(C)c1C. The Morgan fingerprint density at radius 2 is 1.58 bits per heavy atom. The number of ether oxygens (including phenoxy) is 4. The Hall–Kier alpha value is -3.69. The second kappa shape index (κ2) is 10.5. The molecular weight excluding hydrogens is 477 g/mol.